The maximum absolute atomic E-state index is 12.6. The van der Waals surface area contributed by atoms with E-state index in [9.17, 15) is 9.59 Å². The van der Waals surface area contributed by atoms with Crippen molar-refractivity contribution in [2.24, 2.45) is 39.9 Å². The molecule has 0 aromatic carbocycles. The lowest BCUT2D eigenvalue weighted by Gasteiger charge is -2.59. The highest BCUT2D eigenvalue weighted by molar-refractivity contribution is 5.87. The fourth-order valence-corrected chi connectivity index (χ4v) is 8.40. The first kappa shape index (κ1) is 15.4. The van der Waals surface area contributed by atoms with E-state index in [-0.39, 0.29) is 22.9 Å². The Morgan fingerprint density at radius 1 is 1.12 bits per heavy atom. The van der Waals surface area contributed by atoms with Crippen LogP contribution in [-0.2, 0) is 14.3 Å². The summed E-state index contributed by atoms with van der Waals surface area (Å²) in [5.41, 5.74) is 0.508. The van der Waals surface area contributed by atoms with Crippen LogP contribution in [-0.4, -0.2) is 17.9 Å². The van der Waals surface area contributed by atoms with E-state index >= 15 is 0 Å². The maximum Gasteiger partial charge on any atom is 0.302 e. The van der Waals surface area contributed by atoms with E-state index in [0.29, 0.717) is 23.0 Å². The van der Waals surface area contributed by atoms with Crippen LogP contribution < -0.4 is 0 Å². The van der Waals surface area contributed by atoms with Crippen LogP contribution in [0.4, 0.5) is 0 Å². The Kier molecular flexibility index (Phi) is 2.86. The summed E-state index contributed by atoms with van der Waals surface area (Å²) in [5, 5.41) is 0. The fourth-order valence-electron chi connectivity index (χ4n) is 8.40. The molecule has 3 nitrogen and oxygen atoms in total. The maximum atomic E-state index is 12.6. The van der Waals surface area contributed by atoms with Crippen LogP contribution in [0.1, 0.15) is 72.1 Å². The predicted molar refractivity (Wildman–Crippen MR) is 90.1 cm³/mol. The second kappa shape index (κ2) is 4.45. The van der Waals surface area contributed by atoms with E-state index in [1.807, 2.05) is 0 Å². The van der Waals surface area contributed by atoms with Gasteiger partial charge in [0.25, 0.3) is 0 Å². The third-order valence-electron chi connectivity index (χ3n) is 9.56. The van der Waals surface area contributed by atoms with Crippen LogP contribution in [0, 0.1) is 39.9 Å². The van der Waals surface area contributed by atoms with E-state index in [1.165, 1.54) is 25.7 Å². The second-order valence-electron chi connectivity index (χ2n) is 10.0. The van der Waals surface area contributed by atoms with Crippen LogP contribution in [0.25, 0.3) is 0 Å². The molecule has 0 radical (unpaired) electrons. The lowest BCUT2D eigenvalue weighted by Crippen LogP contribution is -2.57. The molecule has 0 bridgehead atoms. The van der Waals surface area contributed by atoms with Gasteiger partial charge in [0.2, 0.25) is 0 Å². The second-order valence-corrected chi connectivity index (χ2v) is 10.0. The minimum Gasteiger partial charge on any atom is -0.462 e. The van der Waals surface area contributed by atoms with E-state index in [4.69, 9.17) is 4.74 Å². The first-order valence-electron chi connectivity index (χ1n) is 10.0. The minimum absolute atomic E-state index is 0.0929. The number of hydrogen-bond acceptors (Lipinski definition) is 3. The SMILES string of the molecule is CC(=O)OC1CC2C3CCC(=O)C3(C)CCC2C2(C)CC[C@@H]3CC132. The zero-order valence-corrected chi connectivity index (χ0v) is 15.3. The van der Waals surface area contributed by atoms with Gasteiger partial charge in [-0.25, -0.2) is 0 Å². The molecule has 5 fully saturated rings. The summed E-state index contributed by atoms with van der Waals surface area (Å²) in [7, 11) is 0. The molecule has 0 aromatic heterocycles. The number of fused-ring (bicyclic) bond motifs is 4. The minimum atomic E-state index is -0.117. The third-order valence-corrected chi connectivity index (χ3v) is 9.56. The number of esters is 1. The largest absolute Gasteiger partial charge is 0.462 e. The molecule has 3 heteroatoms. The van der Waals surface area contributed by atoms with E-state index in [1.54, 1.807) is 6.92 Å². The number of carbonyl (C=O) groups is 2. The summed E-state index contributed by atoms with van der Waals surface area (Å²) in [4.78, 5) is 24.3. The lowest BCUT2D eigenvalue weighted by molar-refractivity contribution is -0.180. The quantitative estimate of drug-likeness (QED) is 0.679. The van der Waals surface area contributed by atoms with Crippen molar-refractivity contribution in [1.29, 1.82) is 0 Å². The predicted octanol–water partition coefficient (Wildman–Crippen LogP) is 4.14. The summed E-state index contributed by atoms with van der Waals surface area (Å²) in [6, 6.07) is 0. The van der Waals surface area contributed by atoms with Gasteiger partial charge in [-0.1, -0.05) is 13.8 Å². The molecule has 1 spiro atoms. The van der Waals surface area contributed by atoms with Gasteiger partial charge in [-0.05, 0) is 74.0 Å². The Morgan fingerprint density at radius 3 is 2.62 bits per heavy atom. The van der Waals surface area contributed by atoms with Crippen molar-refractivity contribution in [2.75, 3.05) is 0 Å². The molecular weight excluding hydrogens is 300 g/mol. The van der Waals surface area contributed by atoms with Crippen molar-refractivity contribution in [1.82, 2.24) is 0 Å². The van der Waals surface area contributed by atoms with Crippen molar-refractivity contribution in [3.8, 4) is 0 Å². The molecule has 5 aliphatic rings. The van der Waals surface area contributed by atoms with Crippen LogP contribution in [0.5, 0.6) is 0 Å². The average molecular weight is 330 g/mol. The van der Waals surface area contributed by atoms with Crippen molar-refractivity contribution in [3.05, 3.63) is 0 Å². The van der Waals surface area contributed by atoms with Gasteiger partial charge in [-0.3, -0.25) is 9.59 Å². The van der Waals surface area contributed by atoms with E-state index in [2.05, 4.69) is 13.8 Å². The first-order chi connectivity index (χ1) is 11.3. The van der Waals surface area contributed by atoms with Crippen molar-refractivity contribution >= 4 is 11.8 Å². The Bertz CT molecular complexity index is 627. The third kappa shape index (κ3) is 1.56. The number of rotatable bonds is 1. The standard InChI is InChI=1S/C21H30O3/c1-12(22)24-18-10-14-15-4-5-17(23)19(15,2)8-7-16(14)20(3)9-6-13-11-21(13,18)20/h13-16,18H,4-11H2,1-3H3/t13-,14?,15?,16?,18?,19?,20?,21?/m1/s1. The normalized spacial score (nSPS) is 57.6. The summed E-state index contributed by atoms with van der Waals surface area (Å²) < 4.78 is 5.95. The van der Waals surface area contributed by atoms with Crippen molar-refractivity contribution in [2.45, 2.75) is 78.2 Å². The Balaban J connectivity index is 1.55. The molecule has 132 valence electrons. The fraction of sp³-hybridized carbons (Fsp3) is 0.905. The monoisotopic (exact) mass is 330 g/mol. The Hall–Kier alpha value is -0.860. The molecule has 5 rings (SSSR count). The van der Waals surface area contributed by atoms with Gasteiger partial charge in [0.05, 0.1) is 0 Å². The lowest BCUT2D eigenvalue weighted by atomic mass is 9.46. The Labute approximate surface area is 144 Å². The van der Waals surface area contributed by atoms with Crippen LogP contribution >= 0.6 is 0 Å². The average Bonchev–Trinajstić information content (AvgIpc) is 3.08. The van der Waals surface area contributed by atoms with Gasteiger partial charge >= 0.3 is 5.97 Å². The van der Waals surface area contributed by atoms with Crippen LogP contribution in [0.2, 0.25) is 0 Å². The van der Waals surface area contributed by atoms with Gasteiger partial charge < -0.3 is 4.74 Å². The number of ether oxygens (including phenoxy) is 1. The topological polar surface area (TPSA) is 43.4 Å². The van der Waals surface area contributed by atoms with Gasteiger partial charge in [0.1, 0.15) is 11.9 Å². The highest BCUT2D eigenvalue weighted by Gasteiger charge is 2.78. The summed E-state index contributed by atoms with van der Waals surface area (Å²) in [6.07, 6.45) is 9.14. The molecule has 0 aromatic rings. The smallest absolute Gasteiger partial charge is 0.302 e. The van der Waals surface area contributed by atoms with Crippen LogP contribution in [0.3, 0.4) is 0 Å². The molecule has 7 unspecified atom stereocenters. The molecule has 0 aliphatic heterocycles. The summed E-state index contributed by atoms with van der Waals surface area (Å²) in [5.74, 6) is 3.00. The number of carbonyl (C=O) groups excluding carboxylic acids is 2. The summed E-state index contributed by atoms with van der Waals surface area (Å²) >= 11 is 0. The van der Waals surface area contributed by atoms with Crippen molar-refractivity contribution < 1.29 is 14.3 Å². The Morgan fingerprint density at radius 2 is 1.92 bits per heavy atom. The van der Waals surface area contributed by atoms with E-state index < -0.39 is 0 Å². The van der Waals surface area contributed by atoms with Gasteiger partial charge in [0.15, 0.2) is 0 Å². The zero-order valence-electron chi connectivity index (χ0n) is 15.3. The number of ketones is 1. The van der Waals surface area contributed by atoms with Crippen LogP contribution in [0.15, 0.2) is 0 Å². The molecule has 0 saturated heterocycles. The molecule has 0 N–H and O–H groups in total. The summed E-state index contributed by atoms with van der Waals surface area (Å²) in [6.45, 7) is 6.30. The first-order valence-corrected chi connectivity index (χ1v) is 10.0. The number of Topliss-reactive ketones (excluding diaryl/α,β-unsaturated/α-hetero) is 1. The van der Waals surface area contributed by atoms with Crippen molar-refractivity contribution in [3.63, 3.8) is 0 Å². The highest BCUT2D eigenvalue weighted by atomic mass is 16.5. The van der Waals surface area contributed by atoms with Gasteiger partial charge in [0, 0.05) is 24.2 Å². The highest BCUT2D eigenvalue weighted by Crippen LogP contribution is 2.81. The zero-order chi connectivity index (χ0) is 16.9. The molecular formula is C21H30O3. The molecule has 5 saturated carbocycles. The molecule has 8 atom stereocenters. The molecule has 24 heavy (non-hydrogen) atoms. The molecule has 5 aliphatic carbocycles. The van der Waals surface area contributed by atoms with E-state index in [0.717, 1.165) is 37.5 Å². The van der Waals surface area contributed by atoms with Gasteiger partial charge in [-0.15, -0.1) is 0 Å². The number of hydrogen-bond donors (Lipinski definition) is 0. The molecule has 0 amide bonds. The molecule has 0 heterocycles. The van der Waals surface area contributed by atoms with Gasteiger partial charge in [-0.2, -0.15) is 0 Å².